The average Bonchev–Trinajstić information content (AvgIpc) is 3.12. The fourth-order valence-corrected chi connectivity index (χ4v) is 3.66. The van der Waals surface area contributed by atoms with Gasteiger partial charge in [0.05, 0.1) is 11.0 Å². The number of nitrogens with one attached hydrogen (secondary N) is 2. The van der Waals surface area contributed by atoms with Crippen LogP contribution in [0, 0.1) is 0 Å². The molecule has 6 heteroatoms. The molecule has 138 valence electrons. The number of amides is 1. The van der Waals surface area contributed by atoms with Crippen molar-refractivity contribution in [1.29, 1.82) is 0 Å². The first kappa shape index (κ1) is 17.5. The van der Waals surface area contributed by atoms with Gasteiger partial charge in [0.1, 0.15) is 5.82 Å². The Morgan fingerprint density at radius 2 is 2.15 bits per heavy atom. The van der Waals surface area contributed by atoms with Crippen LogP contribution in [-0.2, 0) is 4.79 Å². The predicted octanol–water partition coefficient (Wildman–Crippen LogP) is 3.15. The molecule has 27 heavy (non-hydrogen) atoms. The van der Waals surface area contributed by atoms with Crippen LogP contribution in [0.25, 0.3) is 28.5 Å². The highest BCUT2D eigenvalue weighted by Gasteiger charge is 2.21. The summed E-state index contributed by atoms with van der Waals surface area (Å²) in [6.45, 7) is 2.00. The third-order valence-electron chi connectivity index (χ3n) is 4.91. The Morgan fingerprint density at radius 3 is 2.96 bits per heavy atom. The monoisotopic (exact) mass is 362 g/mol. The fraction of sp³-hybridized carbons (Fsp3) is 0.238. The first-order valence-electron chi connectivity index (χ1n) is 9.16. The molecule has 4 rings (SSSR count). The number of hydrogen-bond donors (Lipinski definition) is 3. The summed E-state index contributed by atoms with van der Waals surface area (Å²) in [5.74, 6) is 0.382. The van der Waals surface area contributed by atoms with E-state index in [1.54, 1.807) is 11.6 Å². The van der Waals surface area contributed by atoms with E-state index >= 15 is 0 Å². The summed E-state index contributed by atoms with van der Waals surface area (Å²) in [5, 5.41) is 12.1. The second-order valence-electron chi connectivity index (χ2n) is 6.73. The number of hydrogen-bond acceptors (Lipinski definition) is 4. The largest absolute Gasteiger partial charge is 0.320 e. The highest BCUT2D eigenvalue weighted by atomic mass is 16.5. The van der Waals surface area contributed by atoms with E-state index in [0.29, 0.717) is 6.04 Å². The predicted molar refractivity (Wildman–Crippen MR) is 105 cm³/mol. The minimum Gasteiger partial charge on any atom is -0.320 e. The zero-order valence-electron chi connectivity index (χ0n) is 14.9. The van der Waals surface area contributed by atoms with Crippen LogP contribution >= 0.6 is 0 Å². The number of imidazole rings is 1. The molecule has 0 radical (unpaired) electrons. The van der Waals surface area contributed by atoms with E-state index in [1.165, 1.54) is 6.08 Å². The number of benzene rings is 2. The third-order valence-corrected chi connectivity index (χ3v) is 4.91. The van der Waals surface area contributed by atoms with Gasteiger partial charge in [0.25, 0.3) is 5.91 Å². The smallest absolute Gasteiger partial charge is 0.267 e. The van der Waals surface area contributed by atoms with Crippen molar-refractivity contribution in [2.75, 3.05) is 13.1 Å². The molecule has 1 aliphatic rings. The van der Waals surface area contributed by atoms with Gasteiger partial charge >= 0.3 is 0 Å². The Kier molecular flexibility index (Phi) is 5.00. The maximum Gasteiger partial charge on any atom is 0.267 e. The molecule has 1 fully saturated rings. The molecule has 0 spiro atoms. The standard InChI is InChI=1S/C21H22N4O2/c26-20(24-27)11-10-15-5-3-6-16(13-15)21-23-18-8-1-2-9-19(18)25(21)17-7-4-12-22-14-17/h1-3,5-6,8-11,13,17,22,27H,4,7,12,14H2,(H,24,26)/t17-/m0/s1. The van der Waals surface area contributed by atoms with Crippen LogP contribution in [0.2, 0.25) is 0 Å². The van der Waals surface area contributed by atoms with E-state index in [0.717, 1.165) is 53.9 Å². The maximum atomic E-state index is 11.2. The molecule has 1 aliphatic heterocycles. The lowest BCUT2D eigenvalue weighted by atomic mass is 10.1. The topological polar surface area (TPSA) is 79.2 Å². The number of hydroxylamine groups is 1. The Labute approximate surface area is 157 Å². The number of carbonyl (C=O) groups is 1. The molecule has 0 saturated carbocycles. The third kappa shape index (κ3) is 3.63. The van der Waals surface area contributed by atoms with Crippen molar-refractivity contribution in [3.8, 4) is 11.4 Å². The zero-order chi connectivity index (χ0) is 18.6. The van der Waals surface area contributed by atoms with Crippen molar-refractivity contribution in [3.63, 3.8) is 0 Å². The Morgan fingerprint density at radius 1 is 1.26 bits per heavy atom. The average molecular weight is 362 g/mol. The number of aromatic nitrogens is 2. The second-order valence-corrected chi connectivity index (χ2v) is 6.73. The number of nitrogens with zero attached hydrogens (tertiary/aromatic N) is 2. The lowest BCUT2D eigenvalue weighted by Gasteiger charge is -2.26. The molecular formula is C21H22N4O2. The molecule has 2 heterocycles. The van der Waals surface area contributed by atoms with Crippen LogP contribution in [0.4, 0.5) is 0 Å². The number of piperidine rings is 1. The van der Waals surface area contributed by atoms with Crippen LogP contribution in [0.15, 0.2) is 54.6 Å². The minimum atomic E-state index is -0.555. The minimum absolute atomic E-state index is 0.362. The van der Waals surface area contributed by atoms with E-state index in [-0.39, 0.29) is 0 Å². The van der Waals surface area contributed by atoms with Gasteiger partial charge in [0.2, 0.25) is 0 Å². The van der Waals surface area contributed by atoms with Gasteiger partial charge in [-0.2, -0.15) is 0 Å². The molecule has 1 atom stereocenters. The van der Waals surface area contributed by atoms with E-state index in [2.05, 4.69) is 16.0 Å². The highest BCUT2D eigenvalue weighted by molar-refractivity contribution is 5.91. The fourth-order valence-electron chi connectivity index (χ4n) is 3.66. The summed E-state index contributed by atoms with van der Waals surface area (Å²) in [6, 6.07) is 16.5. The van der Waals surface area contributed by atoms with E-state index < -0.39 is 5.91 Å². The SMILES string of the molecule is O=C(C=Cc1cccc(-c2nc3ccccc3n2[C@H]2CCCNC2)c1)NO. The van der Waals surface area contributed by atoms with Gasteiger partial charge < -0.3 is 9.88 Å². The summed E-state index contributed by atoms with van der Waals surface area (Å²) in [5.41, 5.74) is 5.60. The van der Waals surface area contributed by atoms with Crippen LogP contribution in [0.5, 0.6) is 0 Å². The number of rotatable bonds is 4. The van der Waals surface area contributed by atoms with Crippen LogP contribution < -0.4 is 10.8 Å². The molecule has 0 aliphatic carbocycles. The first-order valence-corrected chi connectivity index (χ1v) is 9.16. The van der Waals surface area contributed by atoms with Crippen LogP contribution in [-0.4, -0.2) is 33.8 Å². The Balaban J connectivity index is 1.79. The van der Waals surface area contributed by atoms with Gasteiger partial charge in [-0.25, -0.2) is 10.5 Å². The van der Waals surface area contributed by atoms with Crippen molar-refractivity contribution >= 4 is 23.0 Å². The summed E-state index contributed by atoms with van der Waals surface area (Å²) < 4.78 is 2.34. The van der Waals surface area contributed by atoms with Gasteiger partial charge in [0.15, 0.2) is 0 Å². The molecule has 6 nitrogen and oxygen atoms in total. The second kappa shape index (κ2) is 7.73. The van der Waals surface area contributed by atoms with Gasteiger partial charge in [-0.3, -0.25) is 10.0 Å². The van der Waals surface area contributed by atoms with E-state index in [9.17, 15) is 4.79 Å². The van der Waals surface area contributed by atoms with E-state index in [4.69, 9.17) is 10.2 Å². The summed E-state index contributed by atoms with van der Waals surface area (Å²) in [4.78, 5) is 16.1. The number of para-hydroxylation sites is 2. The summed E-state index contributed by atoms with van der Waals surface area (Å²) in [6.07, 6.45) is 5.24. The summed E-state index contributed by atoms with van der Waals surface area (Å²) in [7, 11) is 0. The first-order chi connectivity index (χ1) is 13.3. The number of fused-ring (bicyclic) bond motifs is 1. The molecule has 1 aromatic heterocycles. The van der Waals surface area contributed by atoms with Crippen molar-refractivity contribution in [2.45, 2.75) is 18.9 Å². The van der Waals surface area contributed by atoms with Crippen molar-refractivity contribution < 1.29 is 10.0 Å². The quantitative estimate of drug-likeness (QED) is 0.378. The molecule has 1 amide bonds. The van der Waals surface area contributed by atoms with Crippen LogP contribution in [0.1, 0.15) is 24.4 Å². The van der Waals surface area contributed by atoms with Crippen molar-refractivity contribution in [1.82, 2.24) is 20.3 Å². The highest BCUT2D eigenvalue weighted by Crippen LogP contribution is 2.31. The maximum absolute atomic E-state index is 11.2. The molecule has 2 aromatic carbocycles. The lowest BCUT2D eigenvalue weighted by molar-refractivity contribution is -0.124. The van der Waals surface area contributed by atoms with Gasteiger partial charge in [-0.05, 0) is 49.2 Å². The van der Waals surface area contributed by atoms with Crippen LogP contribution in [0.3, 0.4) is 0 Å². The molecule has 0 bridgehead atoms. The van der Waals surface area contributed by atoms with Gasteiger partial charge in [-0.1, -0.05) is 30.3 Å². The molecule has 0 unspecified atom stereocenters. The van der Waals surface area contributed by atoms with Crippen molar-refractivity contribution in [2.24, 2.45) is 0 Å². The Bertz CT molecular complexity index is 987. The Hall–Kier alpha value is -2.96. The molecule has 1 saturated heterocycles. The molecular weight excluding hydrogens is 340 g/mol. The van der Waals surface area contributed by atoms with Gasteiger partial charge in [-0.15, -0.1) is 0 Å². The summed E-state index contributed by atoms with van der Waals surface area (Å²) >= 11 is 0. The van der Waals surface area contributed by atoms with Crippen molar-refractivity contribution in [3.05, 3.63) is 60.2 Å². The van der Waals surface area contributed by atoms with E-state index in [1.807, 2.05) is 42.5 Å². The molecule has 3 aromatic rings. The number of carbonyl (C=O) groups excluding carboxylic acids is 1. The molecule has 3 N–H and O–H groups in total. The lowest BCUT2D eigenvalue weighted by Crippen LogP contribution is -2.31. The van der Waals surface area contributed by atoms with Gasteiger partial charge in [0, 0.05) is 24.2 Å². The zero-order valence-corrected chi connectivity index (χ0v) is 14.9. The normalized spacial score (nSPS) is 17.4.